The standard InChI is InChI=1S/C27H39N9O4/c1-26(2,3)40-25(39)34-11-7-27(8-12-34)9-13-36(24(27)38)19-6-5-10-35(17-19)20-15-29-21(22(28)37)23(32-20)31-18-14-30-33(4)16-18/h14-16,19H,5-13,17H2,1-4H3,(H2,28,37)(H,31,32). The summed E-state index contributed by atoms with van der Waals surface area (Å²) in [6, 6.07) is 0.0526. The quantitative estimate of drug-likeness (QED) is 0.568. The summed E-state index contributed by atoms with van der Waals surface area (Å²) in [6.07, 6.45) is 8.57. The van der Waals surface area contributed by atoms with Crippen molar-refractivity contribution in [2.45, 2.75) is 64.5 Å². The Morgan fingerprint density at radius 2 is 1.85 bits per heavy atom. The SMILES string of the molecule is Cn1cc(Nc2nc(N3CCCC(N4CCC5(CCN(C(=O)OC(C)(C)C)CC5)C4=O)C3)cnc2C(N)=O)cn1. The van der Waals surface area contributed by atoms with Gasteiger partial charge >= 0.3 is 6.09 Å². The van der Waals surface area contributed by atoms with Crippen LogP contribution in [-0.2, 0) is 16.6 Å². The molecule has 3 aliphatic heterocycles. The van der Waals surface area contributed by atoms with Crippen LogP contribution in [0.2, 0.25) is 0 Å². The third kappa shape index (κ3) is 5.68. The molecule has 3 N–H and O–H groups in total. The molecule has 216 valence electrons. The van der Waals surface area contributed by atoms with Gasteiger partial charge in [-0.05, 0) is 52.9 Å². The maximum atomic E-state index is 13.8. The van der Waals surface area contributed by atoms with Crippen LogP contribution < -0.4 is 16.0 Å². The molecule has 1 spiro atoms. The number of nitrogens with zero attached hydrogens (tertiary/aromatic N) is 7. The number of likely N-dealkylation sites (tertiary alicyclic amines) is 2. The molecular formula is C27H39N9O4. The maximum Gasteiger partial charge on any atom is 0.410 e. The van der Waals surface area contributed by atoms with Gasteiger partial charge in [0, 0.05) is 52.0 Å². The van der Waals surface area contributed by atoms with Crippen LogP contribution in [0.25, 0.3) is 0 Å². The van der Waals surface area contributed by atoms with Crippen molar-refractivity contribution >= 4 is 35.2 Å². The zero-order chi connectivity index (χ0) is 28.7. The number of aromatic nitrogens is 4. The average Bonchev–Trinajstić information content (AvgIpc) is 3.45. The van der Waals surface area contributed by atoms with E-state index in [9.17, 15) is 14.4 Å². The first-order chi connectivity index (χ1) is 18.9. The largest absolute Gasteiger partial charge is 0.444 e. The zero-order valence-corrected chi connectivity index (χ0v) is 23.7. The number of aryl methyl sites for hydroxylation is 1. The van der Waals surface area contributed by atoms with Crippen molar-refractivity contribution in [1.29, 1.82) is 0 Å². The lowest BCUT2D eigenvalue weighted by Gasteiger charge is -2.41. The number of hydrogen-bond acceptors (Lipinski definition) is 9. The van der Waals surface area contributed by atoms with Crippen LogP contribution in [0.4, 0.5) is 22.1 Å². The normalized spacial score (nSPS) is 21.1. The Hall–Kier alpha value is -3.90. The molecule has 3 amide bonds. The summed E-state index contributed by atoms with van der Waals surface area (Å²) in [4.78, 5) is 53.2. The fourth-order valence-corrected chi connectivity index (χ4v) is 5.94. The number of hydrogen-bond donors (Lipinski definition) is 2. The van der Waals surface area contributed by atoms with E-state index in [4.69, 9.17) is 15.5 Å². The second-order valence-corrected chi connectivity index (χ2v) is 12.1. The van der Waals surface area contributed by atoms with Gasteiger partial charge in [-0.15, -0.1) is 0 Å². The van der Waals surface area contributed by atoms with E-state index in [0.29, 0.717) is 50.5 Å². The van der Waals surface area contributed by atoms with Gasteiger partial charge in [-0.3, -0.25) is 14.3 Å². The Balaban J connectivity index is 1.25. The molecule has 3 saturated heterocycles. The van der Waals surface area contributed by atoms with E-state index < -0.39 is 16.9 Å². The van der Waals surface area contributed by atoms with Crippen molar-refractivity contribution in [3.05, 3.63) is 24.3 Å². The molecule has 3 fully saturated rings. The molecule has 2 aromatic heterocycles. The molecule has 13 nitrogen and oxygen atoms in total. The molecule has 0 saturated carbocycles. The van der Waals surface area contributed by atoms with Crippen molar-refractivity contribution in [2.24, 2.45) is 18.2 Å². The van der Waals surface area contributed by atoms with E-state index in [0.717, 1.165) is 25.8 Å². The predicted molar refractivity (Wildman–Crippen MR) is 148 cm³/mol. The van der Waals surface area contributed by atoms with Crippen molar-refractivity contribution in [2.75, 3.05) is 42.9 Å². The van der Waals surface area contributed by atoms with Gasteiger partial charge in [0.15, 0.2) is 11.5 Å². The number of anilines is 3. The minimum absolute atomic E-state index is 0.0514. The number of nitrogens with one attached hydrogen (secondary N) is 1. The maximum absolute atomic E-state index is 13.8. The van der Waals surface area contributed by atoms with Crippen molar-refractivity contribution in [3.63, 3.8) is 0 Å². The predicted octanol–water partition coefficient (Wildman–Crippen LogP) is 2.27. The lowest BCUT2D eigenvalue weighted by molar-refractivity contribution is -0.140. The molecule has 5 heterocycles. The van der Waals surface area contributed by atoms with Gasteiger partial charge in [0.1, 0.15) is 11.4 Å². The Labute approximate surface area is 234 Å². The van der Waals surface area contributed by atoms with E-state index >= 15 is 0 Å². The van der Waals surface area contributed by atoms with Crippen LogP contribution in [0.5, 0.6) is 0 Å². The number of carbonyl (C=O) groups excluding carboxylic acids is 3. The first-order valence-corrected chi connectivity index (χ1v) is 13.9. The van der Waals surface area contributed by atoms with E-state index in [1.807, 2.05) is 25.7 Å². The van der Waals surface area contributed by atoms with E-state index in [-0.39, 0.29) is 29.6 Å². The van der Waals surface area contributed by atoms with Crippen LogP contribution in [0, 0.1) is 5.41 Å². The third-order valence-corrected chi connectivity index (χ3v) is 8.04. The minimum Gasteiger partial charge on any atom is -0.444 e. The van der Waals surface area contributed by atoms with E-state index in [2.05, 4.69) is 20.3 Å². The molecule has 2 aromatic rings. The zero-order valence-electron chi connectivity index (χ0n) is 23.7. The highest BCUT2D eigenvalue weighted by Crippen LogP contribution is 2.43. The molecule has 1 atom stereocenters. The molecule has 40 heavy (non-hydrogen) atoms. The van der Waals surface area contributed by atoms with Crippen LogP contribution in [0.3, 0.4) is 0 Å². The highest BCUT2D eigenvalue weighted by molar-refractivity contribution is 5.96. The fourth-order valence-electron chi connectivity index (χ4n) is 5.94. The van der Waals surface area contributed by atoms with Crippen molar-refractivity contribution in [1.82, 2.24) is 29.5 Å². The average molecular weight is 554 g/mol. The molecule has 5 rings (SSSR count). The Kier molecular flexibility index (Phi) is 7.32. The number of ether oxygens (including phenoxy) is 1. The summed E-state index contributed by atoms with van der Waals surface area (Å²) in [6.45, 7) is 8.74. The van der Waals surface area contributed by atoms with Gasteiger partial charge in [0.05, 0.1) is 23.5 Å². The highest BCUT2D eigenvalue weighted by Gasteiger charge is 2.50. The molecule has 0 radical (unpaired) electrons. The number of carbonyl (C=O) groups is 3. The smallest absolute Gasteiger partial charge is 0.410 e. The van der Waals surface area contributed by atoms with Gasteiger partial charge in [-0.2, -0.15) is 5.10 Å². The number of rotatable bonds is 5. The van der Waals surface area contributed by atoms with E-state index in [1.165, 1.54) is 0 Å². The number of piperidine rings is 2. The monoisotopic (exact) mass is 553 g/mol. The summed E-state index contributed by atoms with van der Waals surface area (Å²) < 4.78 is 7.17. The molecule has 0 bridgehead atoms. The van der Waals surface area contributed by atoms with Gasteiger partial charge in [0.2, 0.25) is 5.91 Å². The molecule has 0 aliphatic carbocycles. The number of amides is 3. The number of nitrogens with two attached hydrogens (primary N) is 1. The molecule has 3 aliphatic rings. The van der Waals surface area contributed by atoms with Crippen LogP contribution in [0.15, 0.2) is 18.6 Å². The lowest BCUT2D eigenvalue weighted by Crippen LogP contribution is -2.52. The Bertz CT molecular complexity index is 1280. The molecule has 13 heteroatoms. The van der Waals surface area contributed by atoms with Gasteiger partial charge < -0.3 is 30.5 Å². The summed E-state index contributed by atoms with van der Waals surface area (Å²) in [5, 5.41) is 7.24. The number of primary amides is 1. The highest BCUT2D eigenvalue weighted by atomic mass is 16.6. The second kappa shape index (κ2) is 10.6. The summed E-state index contributed by atoms with van der Waals surface area (Å²) in [5.41, 5.74) is 5.32. The van der Waals surface area contributed by atoms with Crippen molar-refractivity contribution in [3.8, 4) is 0 Å². The van der Waals surface area contributed by atoms with Gasteiger partial charge in [0.25, 0.3) is 5.91 Å². The topological polar surface area (TPSA) is 152 Å². The summed E-state index contributed by atoms with van der Waals surface area (Å²) in [7, 11) is 1.80. The molecule has 1 unspecified atom stereocenters. The lowest BCUT2D eigenvalue weighted by atomic mass is 9.77. The fraction of sp³-hybridized carbons (Fsp3) is 0.630. The third-order valence-electron chi connectivity index (χ3n) is 8.04. The van der Waals surface area contributed by atoms with Crippen molar-refractivity contribution < 1.29 is 19.1 Å². The summed E-state index contributed by atoms with van der Waals surface area (Å²) in [5.74, 6) is 0.408. The summed E-state index contributed by atoms with van der Waals surface area (Å²) >= 11 is 0. The van der Waals surface area contributed by atoms with Gasteiger partial charge in [-0.25, -0.2) is 14.8 Å². The minimum atomic E-state index is -0.673. The molecule has 0 aromatic carbocycles. The second-order valence-electron chi connectivity index (χ2n) is 12.1. The Morgan fingerprint density at radius 3 is 2.50 bits per heavy atom. The van der Waals surface area contributed by atoms with E-state index in [1.54, 1.807) is 35.2 Å². The van der Waals surface area contributed by atoms with Crippen LogP contribution >= 0.6 is 0 Å². The Morgan fingerprint density at radius 1 is 1.12 bits per heavy atom. The van der Waals surface area contributed by atoms with Crippen LogP contribution in [0.1, 0.15) is 63.4 Å². The first-order valence-electron chi connectivity index (χ1n) is 13.9. The van der Waals surface area contributed by atoms with Crippen LogP contribution in [-0.4, -0.2) is 91.8 Å². The van der Waals surface area contributed by atoms with Gasteiger partial charge in [-0.1, -0.05) is 0 Å². The molecular weight excluding hydrogens is 514 g/mol. The first kappa shape index (κ1) is 27.7.